The molecule has 1 nitrogen and oxygen atoms in total. The van der Waals surface area contributed by atoms with Crippen molar-refractivity contribution in [3.05, 3.63) is 77.9 Å². The van der Waals surface area contributed by atoms with E-state index in [9.17, 15) is 0 Å². The Kier molecular flexibility index (Phi) is 7.35. The fourth-order valence-corrected chi connectivity index (χ4v) is 5.88. The molecule has 0 aliphatic heterocycles. The van der Waals surface area contributed by atoms with Gasteiger partial charge in [0.1, 0.15) is 0 Å². The van der Waals surface area contributed by atoms with Crippen molar-refractivity contribution in [1.82, 2.24) is 0 Å². The lowest BCUT2D eigenvalue weighted by Gasteiger charge is -2.35. The zero-order valence-corrected chi connectivity index (χ0v) is 20.0. The molecule has 32 heavy (non-hydrogen) atoms. The predicted molar refractivity (Wildman–Crippen MR) is 140 cm³/mol. The van der Waals surface area contributed by atoms with E-state index in [0.29, 0.717) is 0 Å². The average Bonchev–Trinajstić information content (AvgIpc) is 3.10. The highest BCUT2D eigenvalue weighted by atomic mass is 14.6. The van der Waals surface area contributed by atoms with Gasteiger partial charge in [-0.1, -0.05) is 126 Å². The fourth-order valence-electron chi connectivity index (χ4n) is 5.88. The molecule has 0 atom stereocenters. The van der Waals surface area contributed by atoms with E-state index in [1.807, 2.05) is 0 Å². The van der Waals surface area contributed by atoms with E-state index in [1.165, 1.54) is 97.6 Å². The third-order valence-corrected chi connectivity index (χ3v) is 7.43. The third kappa shape index (κ3) is 4.22. The van der Waals surface area contributed by atoms with Gasteiger partial charge in [-0.15, -0.1) is 0 Å². The molecule has 0 bridgehead atoms. The van der Waals surface area contributed by atoms with Crippen LogP contribution in [0, 0.1) is 0 Å². The zero-order chi connectivity index (χ0) is 22.4. The molecule has 1 aliphatic rings. The van der Waals surface area contributed by atoms with Crippen molar-refractivity contribution in [3.8, 4) is 22.3 Å². The van der Waals surface area contributed by atoms with Gasteiger partial charge in [-0.3, -0.25) is 0 Å². The second-order valence-electron chi connectivity index (χ2n) is 9.57. The first-order chi connectivity index (χ1) is 15.7. The fraction of sp³-hybridized carbons (Fsp3) is 0.419. The van der Waals surface area contributed by atoms with Gasteiger partial charge in [-0.25, -0.2) is 0 Å². The lowest BCUT2D eigenvalue weighted by molar-refractivity contribution is 0.402. The minimum absolute atomic E-state index is 0.0635. The summed E-state index contributed by atoms with van der Waals surface area (Å²) < 4.78 is 0. The smallest absolute Gasteiger partial charge is 0.0397 e. The third-order valence-electron chi connectivity index (χ3n) is 7.43. The highest BCUT2D eigenvalue weighted by molar-refractivity contribution is 5.93. The number of nitrogens with two attached hydrogens (primary N) is 1. The van der Waals surface area contributed by atoms with Crippen LogP contribution in [0.3, 0.4) is 0 Å². The second-order valence-corrected chi connectivity index (χ2v) is 9.57. The van der Waals surface area contributed by atoms with Gasteiger partial charge in [0.15, 0.2) is 0 Å². The molecular weight excluding hydrogens is 386 g/mol. The van der Waals surface area contributed by atoms with Crippen LogP contribution in [0.5, 0.6) is 0 Å². The maximum Gasteiger partial charge on any atom is 0.0397 e. The summed E-state index contributed by atoms with van der Waals surface area (Å²) in [5, 5.41) is 0. The van der Waals surface area contributed by atoms with E-state index in [1.54, 1.807) is 0 Å². The molecule has 0 saturated carbocycles. The molecule has 0 aromatic heterocycles. The number of nitrogen functional groups attached to an aromatic ring is 1. The number of rotatable bonds is 11. The Morgan fingerprint density at radius 2 is 1.25 bits per heavy atom. The number of fused-ring (bicyclic) bond motifs is 3. The minimum atomic E-state index is 0.0635. The molecule has 0 fully saturated rings. The zero-order valence-electron chi connectivity index (χ0n) is 20.0. The van der Waals surface area contributed by atoms with Crippen LogP contribution in [-0.2, 0) is 5.41 Å². The molecule has 0 saturated heterocycles. The van der Waals surface area contributed by atoms with Crippen LogP contribution in [0.1, 0.15) is 89.2 Å². The lowest BCUT2D eigenvalue weighted by atomic mass is 9.68. The molecule has 0 radical (unpaired) electrons. The van der Waals surface area contributed by atoms with Crippen molar-refractivity contribution in [3.63, 3.8) is 0 Å². The van der Waals surface area contributed by atoms with Gasteiger partial charge in [0, 0.05) is 16.7 Å². The van der Waals surface area contributed by atoms with E-state index in [-0.39, 0.29) is 5.41 Å². The first-order valence-electron chi connectivity index (χ1n) is 12.8. The molecule has 0 unspecified atom stereocenters. The maximum atomic E-state index is 6.73. The van der Waals surface area contributed by atoms with E-state index >= 15 is 0 Å². The summed E-state index contributed by atoms with van der Waals surface area (Å²) >= 11 is 0. The summed E-state index contributed by atoms with van der Waals surface area (Å²) in [6.07, 6.45) is 12.8. The van der Waals surface area contributed by atoms with Gasteiger partial charge in [0.05, 0.1) is 0 Å². The first-order valence-corrected chi connectivity index (χ1v) is 12.8. The second kappa shape index (κ2) is 10.4. The normalized spacial score (nSPS) is 13.7. The van der Waals surface area contributed by atoms with Crippen molar-refractivity contribution in [1.29, 1.82) is 0 Å². The summed E-state index contributed by atoms with van der Waals surface area (Å²) in [4.78, 5) is 0. The number of hydrogen-bond donors (Lipinski definition) is 1. The number of benzene rings is 3. The Morgan fingerprint density at radius 1 is 0.625 bits per heavy atom. The van der Waals surface area contributed by atoms with Gasteiger partial charge in [0.25, 0.3) is 0 Å². The molecule has 3 aromatic rings. The summed E-state index contributed by atoms with van der Waals surface area (Å²) in [6, 6.07) is 24.4. The monoisotopic (exact) mass is 425 g/mol. The predicted octanol–water partition coefficient (Wildman–Crippen LogP) is 9.14. The molecule has 2 N–H and O–H groups in total. The number of unbranched alkanes of at least 4 members (excludes halogenated alkanes) is 6. The van der Waals surface area contributed by atoms with Crippen molar-refractivity contribution in [2.45, 2.75) is 83.5 Å². The Bertz CT molecular complexity index is 1010. The Morgan fingerprint density at radius 3 is 1.91 bits per heavy atom. The molecule has 0 amide bonds. The molecule has 1 aliphatic carbocycles. The molecule has 168 valence electrons. The van der Waals surface area contributed by atoms with Crippen molar-refractivity contribution >= 4 is 5.69 Å². The first kappa shape index (κ1) is 22.6. The van der Waals surface area contributed by atoms with E-state index in [4.69, 9.17) is 5.73 Å². The summed E-state index contributed by atoms with van der Waals surface area (Å²) in [5.74, 6) is 0. The van der Waals surface area contributed by atoms with Crippen LogP contribution in [0.15, 0.2) is 66.7 Å². The van der Waals surface area contributed by atoms with E-state index in [2.05, 4.69) is 80.6 Å². The van der Waals surface area contributed by atoms with Crippen LogP contribution in [0.4, 0.5) is 5.69 Å². The summed E-state index contributed by atoms with van der Waals surface area (Å²) in [6.45, 7) is 4.60. The van der Waals surface area contributed by atoms with Crippen LogP contribution >= 0.6 is 0 Å². The van der Waals surface area contributed by atoms with Gasteiger partial charge < -0.3 is 5.73 Å². The number of anilines is 1. The largest absolute Gasteiger partial charge is 0.398 e. The topological polar surface area (TPSA) is 26.0 Å². The van der Waals surface area contributed by atoms with Crippen molar-refractivity contribution < 1.29 is 0 Å². The summed E-state index contributed by atoms with van der Waals surface area (Å²) in [5.41, 5.74) is 16.1. The van der Waals surface area contributed by atoms with Crippen molar-refractivity contribution in [2.24, 2.45) is 0 Å². The standard InChI is InChI=1S/C31H39N/c1-3-5-7-14-22-31(23-15-8-6-4-2)27-19-13-12-18-25(27)26-20-21-28(32)29(30(26)31)24-16-10-9-11-17-24/h9-13,16-21H,3-8,14-15,22-23,32H2,1-2H3. The Hall–Kier alpha value is -2.54. The van der Waals surface area contributed by atoms with Crippen LogP contribution in [-0.4, -0.2) is 0 Å². The van der Waals surface area contributed by atoms with Crippen LogP contribution < -0.4 is 5.73 Å². The van der Waals surface area contributed by atoms with E-state index < -0.39 is 0 Å². The molecule has 3 aromatic carbocycles. The maximum absolute atomic E-state index is 6.73. The highest BCUT2D eigenvalue weighted by Crippen LogP contribution is 2.58. The Labute approximate surface area is 195 Å². The Balaban J connectivity index is 1.89. The van der Waals surface area contributed by atoms with Gasteiger partial charge in [-0.2, -0.15) is 0 Å². The highest BCUT2D eigenvalue weighted by Gasteiger charge is 2.44. The lowest BCUT2D eigenvalue weighted by Crippen LogP contribution is -2.26. The quantitative estimate of drug-likeness (QED) is 0.240. The summed E-state index contributed by atoms with van der Waals surface area (Å²) in [7, 11) is 0. The molecule has 0 spiro atoms. The van der Waals surface area contributed by atoms with Gasteiger partial charge in [0.2, 0.25) is 0 Å². The molecule has 4 rings (SSSR count). The molecule has 1 heteroatoms. The van der Waals surface area contributed by atoms with Gasteiger partial charge >= 0.3 is 0 Å². The van der Waals surface area contributed by atoms with Gasteiger partial charge in [-0.05, 0) is 46.7 Å². The van der Waals surface area contributed by atoms with Crippen LogP contribution in [0.2, 0.25) is 0 Å². The van der Waals surface area contributed by atoms with E-state index in [0.717, 1.165) is 5.69 Å². The molecular formula is C31H39N. The SMILES string of the molecule is CCCCCCC1(CCCCCC)c2ccccc2-c2ccc(N)c(-c3ccccc3)c21. The van der Waals surface area contributed by atoms with Crippen molar-refractivity contribution in [2.75, 3.05) is 5.73 Å². The number of hydrogen-bond acceptors (Lipinski definition) is 1. The minimum Gasteiger partial charge on any atom is -0.398 e. The van der Waals surface area contributed by atoms with Crippen LogP contribution in [0.25, 0.3) is 22.3 Å². The average molecular weight is 426 g/mol. The molecule has 0 heterocycles.